The molecule has 2 N–H and O–H groups in total. The molecule has 1 aromatic rings. The first kappa shape index (κ1) is 12.5. The zero-order chi connectivity index (χ0) is 13.1. The van der Waals surface area contributed by atoms with Crippen molar-refractivity contribution in [2.75, 3.05) is 6.54 Å². The maximum Gasteiger partial charge on any atom is 0.260 e. The Morgan fingerprint density at radius 1 is 1.47 bits per heavy atom. The zero-order valence-electron chi connectivity index (χ0n) is 10.7. The van der Waals surface area contributed by atoms with Crippen LogP contribution in [-0.2, 0) is 17.9 Å². The Labute approximate surface area is 100.0 Å². The van der Waals surface area contributed by atoms with Gasteiger partial charge in [-0.1, -0.05) is 20.8 Å². The van der Waals surface area contributed by atoms with Gasteiger partial charge in [-0.25, -0.2) is 8.78 Å². The van der Waals surface area contributed by atoms with Crippen molar-refractivity contribution >= 4 is 0 Å². The zero-order valence-corrected chi connectivity index (χ0v) is 10.7. The lowest BCUT2D eigenvalue weighted by Crippen LogP contribution is -2.29. The Morgan fingerprint density at radius 2 is 2.00 bits per heavy atom. The van der Waals surface area contributed by atoms with Crippen molar-refractivity contribution < 1.29 is 8.78 Å². The van der Waals surface area contributed by atoms with Gasteiger partial charge in [0, 0.05) is 37.2 Å². The van der Waals surface area contributed by atoms with Gasteiger partial charge in [0.2, 0.25) is 0 Å². The first-order valence-corrected chi connectivity index (χ1v) is 5.76. The maximum atomic E-state index is 13.6. The largest absolute Gasteiger partial charge is 0.329 e. The van der Waals surface area contributed by atoms with Crippen LogP contribution in [0.25, 0.3) is 0 Å². The molecule has 0 amide bonds. The van der Waals surface area contributed by atoms with Crippen LogP contribution in [0.15, 0.2) is 6.20 Å². The highest BCUT2D eigenvalue weighted by Crippen LogP contribution is 2.62. The van der Waals surface area contributed by atoms with Crippen LogP contribution in [0.4, 0.5) is 8.78 Å². The normalized spacial score (nSPS) is 27.2. The molecule has 0 saturated heterocycles. The van der Waals surface area contributed by atoms with Crippen LogP contribution in [-0.4, -0.2) is 22.2 Å². The number of hydrogen-bond acceptors (Lipinski definition) is 2. The standard InChI is InChI=1S/C12H19F2N3/c1-10(2,3)9-8(5-17(4)16-9)11(7-15)6-12(11,13)14/h5H,6-7,15H2,1-4H3. The Morgan fingerprint density at radius 3 is 2.35 bits per heavy atom. The highest BCUT2D eigenvalue weighted by atomic mass is 19.3. The summed E-state index contributed by atoms with van der Waals surface area (Å²) in [6, 6.07) is 0. The van der Waals surface area contributed by atoms with E-state index in [0.717, 1.165) is 5.69 Å². The first-order valence-electron chi connectivity index (χ1n) is 5.76. The smallest absolute Gasteiger partial charge is 0.260 e. The van der Waals surface area contributed by atoms with Gasteiger partial charge in [-0.05, 0) is 0 Å². The van der Waals surface area contributed by atoms with E-state index in [1.807, 2.05) is 20.8 Å². The number of nitrogens with two attached hydrogens (primary N) is 1. The van der Waals surface area contributed by atoms with Gasteiger partial charge in [-0.15, -0.1) is 0 Å². The summed E-state index contributed by atoms with van der Waals surface area (Å²) in [4.78, 5) is 0. The first-order chi connectivity index (χ1) is 7.64. The third-order valence-electron chi connectivity index (χ3n) is 3.50. The third-order valence-corrected chi connectivity index (χ3v) is 3.50. The summed E-state index contributed by atoms with van der Waals surface area (Å²) >= 11 is 0. The molecule has 0 aliphatic heterocycles. The van der Waals surface area contributed by atoms with Gasteiger partial charge in [-0.3, -0.25) is 4.68 Å². The molecule has 2 rings (SSSR count). The molecular weight excluding hydrogens is 224 g/mol. The Hall–Kier alpha value is -0.970. The SMILES string of the molecule is Cn1cc(C2(CN)CC2(F)F)c(C(C)(C)C)n1. The van der Waals surface area contributed by atoms with E-state index in [0.29, 0.717) is 5.56 Å². The Kier molecular flexibility index (Phi) is 2.41. The highest BCUT2D eigenvalue weighted by Gasteiger charge is 2.72. The van der Waals surface area contributed by atoms with Gasteiger partial charge in [0.15, 0.2) is 0 Å². The van der Waals surface area contributed by atoms with E-state index >= 15 is 0 Å². The summed E-state index contributed by atoms with van der Waals surface area (Å²) in [6.07, 6.45) is 1.53. The molecule has 96 valence electrons. The molecule has 1 aromatic heterocycles. The Bertz CT molecular complexity index is 445. The molecular formula is C12H19F2N3. The molecule has 1 unspecified atom stereocenters. The van der Waals surface area contributed by atoms with Crippen molar-refractivity contribution in [2.24, 2.45) is 12.8 Å². The highest BCUT2D eigenvalue weighted by molar-refractivity contribution is 5.42. The fourth-order valence-corrected chi connectivity index (χ4v) is 2.35. The lowest BCUT2D eigenvalue weighted by Gasteiger charge is -2.21. The molecule has 0 bridgehead atoms. The molecule has 1 fully saturated rings. The summed E-state index contributed by atoms with van der Waals surface area (Å²) in [6.45, 7) is 5.89. The molecule has 0 radical (unpaired) electrons. The maximum absolute atomic E-state index is 13.6. The number of nitrogens with zero attached hydrogens (tertiary/aromatic N) is 2. The molecule has 0 spiro atoms. The Balaban J connectivity index is 2.54. The van der Waals surface area contributed by atoms with Gasteiger partial charge < -0.3 is 5.73 Å². The number of aromatic nitrogens is 2. The van der Waals surface area contributed by atoms with Crippen molar-refractivity contribution in [3.63, 3.8) is 0 Å². The van der Waals surface area contributed by atoms with E-state index in [-0.39, 0.29) is 18.4 Å². The predicted octanol–water partition coefficient (Wildman–Crippen LogP) is 1.95. The molecule has 1 atom stereocenters. The molecule has 17 heavy (non-hydrogen) atoms. The molecule has 0 aromatic carbocycles. The lowest BCUT2D eigenvalue weighted by atomic mass is 9.84. The van der Waals surface area contributed by atoms with Gasteiger partial charge in [0.25, 0.3) is 5.92 Å². The fraction of sp³-hybridized carbons (Fsp3) is 0.750. The van der Waals surface area contributed by atoms with Gasteiger partial charge in [0.05, 0.1) is 11.1 Å². The van der Waals surface area contributed by atoms with Crippen LogP contribution in [0.1, 0.15) is 38.4 Å². The molecule has 1 saturated carbocycles. The topological polar surface area (TPSA) is 43.8 Å². The van der Waals surface area contributed by atoms with Crippen LogP contribution < -0.4 is 5.73 Å². The van der Waals surface area contributed by atoms with Crippen LogP contribution >= 0.6 is 0 Å². The van der Waals surface area contributed by atoms with Gasteiger partial charge in [0.1, 0.15) is 0 Å². The molecule has 5 heteroatoms. The summed E-state index contributed by atoms with van der Waals surface area (Å²) in [7, 11) is 1.75. The van der Waals surface area contributed by atoms with Crippen molar-refractivity contribution in [1.29, 1.82) is 0 Å². The van der Waals surface area contributed by atoms with Gasteiger partial charge >= 0.3 is 0 Å². The van der Waals surface area contributed by atoms with E-state index in [9.17, 15) is 8.78 Å². The fourth-order valence-electron chi connectivity index (χ4n) is 2.35. The molecule has 1 aliphatic rings. The number of halogens is 2. The van der Waals surface area contributed by atoms with Gasteiger partial charge in [-0.2, -0.15) is 5.10 Å². The van der Waals surface area contributed by atoms with Crippen molar-refractivity contribution in [2.45, 2.75) is 43.9 Å². The van der Waals surface area contributed by atoms with Crippen LogP contribution in [0, 0.1) is 0 Å². The number of rotatable bonds is 2. The second-order valence-electron chi connectivity index (χ2n) is 5.98. The number of hydrogen-bond donors (Lipinski definition) is 1. The van der Waals surface area contributed by atoms with Crippen LogP contribution in [0.5, 0.6) is 0 Å². The van der Waals surface area contributed by atoms with E-state index in [1.165, 1.54) is 0 Å². The lowest BCUT2D eigenvalue weighted by molar-refractivity contribution is 0.0892. The predicted molar refractivity (Wildman–Crippen MR) is 62.2 cm³/mol. The quantitative estimate of drug-likeness (QED) is 0.862. The second kappa shape index (κ2) is 3.28. The average Bonchev–Trinajstić information content (AvgIpc) is 2.53. The number of aryl methyl sites for hydroxylation is 1. The minimum Gasteiger partial charge on any atom is -0.329 e. The van der Waals surface area contributed by atoms with E-state index in [4.69, 9.17) is 5.73 Å². The summed E-state index contributed by atoms with van der Waals surface area (Å²) in [5.74, 6) is -2.69. The molecule has 3 nitrogen and oxygen atoms in total. The minimum absolute atomic E-state index is 0.0330. The van der Waals surface area contributed by atoms with Crippen LogP contribution in [0.2, 0.25) is 0 Å². The average molecular weight is 243 g/mol. The van der Waals surface area contributed by atoms with E-state index in [2.05, 4.69) is 5.10 Å². The molecule has 1 heterocycles. The van der Waals surface area contributed by atoms with E-state index in [1.54, 1.807) is 17.9 Å². The summed E-state index contributed by atoms with van der Waals surface area (Å²) < 4.78 is 28.8. The molecule has 1 aliphatic carbocycles. The minimum atomic E-state index is -2.69. The van der Waals surface area contributed by atoms with Crippen molar-refractivity contribution in [3.05, 3.63) is 17.5 Å². The monoisotopic (exact) mass is 243 g/mol. The van der Waals surface area contributed by atoms with Crippen LogP contribution in [0.3, 0.4) is 0 Å². The number of alkyl halides is 2. The summed E-state index contributed by atoms with van der Waals surface area (Å²) in [5.41, 5.74) is 5.47. The third kappa shape index (κ3) is 1.68. The van der Waals surface area contributed by atoms with Crippen molar-refractivity contribution in [3.8, 4) is 0 Å². The second-order valence-corrected chi connectivity index (χ2v) is 5.98. The van der Waals surface area contributed by atoms with Crippen molar-refractivity contribution in [1.82, 2.24) is 9.78 Å². The van der Waals surface area contributed by atoms with E-state index < -0.39 is 11.3 Å². The summed E-state index contributed by atoms with van der Waals surface area (Å²) in [5, 5.41) is 4.33.